The molecule has 100 valence electrons. The van der Waals surface area contributed by atoms with Crippen LogP contribution in [0.25, 0.3) is 0 Å². The van der Waals surface area contributed by atoms with Crippen molar-refractivity contribution in [2.45, 2.75) is 32.3 Å². The first kappa shape index (κ1) is 13.4. The summed E-state index contributed by atoms with van der Waals surface area (Å²) in [6.45, 7) is 6.15. The van der Waals surface area contributed by atoms with E-state index in [9.17, 15) is 5.11 Å². The van der Waals surface area contributed by atoms with Crippen molar-refractivity contribution in [2.24, 2.45) is 0 Å². The number of aliphatic hydroxyl groups is 1. The predicted molar refractivity (Wildman–Crippen MR) is 72.9 cm³/mol. The highest BCUT2D eigenvalue weighted by Crippen LogP contribution is 2.19. The molecule has 1 saturated heterocycles. The Hall–Kier alpha value is -1.06. The van der Waals surface area contributed by atoms with Crippen LogP contribution in [0.3, 0.4) is 0 Å². The van der Waals surface area contributed by atoms with Crippen molar-refractivity contribution in [3.8, 4) is 5.75 Å². The molecule has 1 aromatic rings. The van der Waals surface area contributed by atoms with Crippen LogP contribution in [0.4, 0.5) is 0 Å². The van der Waals surface area contributed by atoms with Gasteiger partial charge in [-0.25, -0.2) is 0 Å². The maximum absolute atomic E-state index is 9.50. The van der Waals surface area contributed by atoms with Crippen LogP contribution in [0.2, 0.25) is 0 Å². The number of ether oxygens (including phenoxy) is 1. The van der Waals surface area contributed by atoms with Gasteiger partial charge >= 0.3 is 0 Å². The number of hydrogen-bond donors (Lipinski definition) is 1. The van der Waals surface area contributed by atoms with Crippen LogP contribution < -0.4 is 4.74 Å². The lowest BCUT2D eigenvalue weighted by molar-refractivity contribution is 0.198. The molecule has 0 amide bonds. The summed E-state index contributed by atoms with van der Waals surface area (Å²) in [5, 5.41) is 9.50. The predicted octanol–water partition coefficient (Wildman–Crippen LogP) is 2.60. The molecule has 0 radical (unpaired) electrons. The summed E-state index contributed by atoms with van der Waals surface area (Å²) >= 11 is 0. The van der Waals surface area contributed by atoms with Crippen LogP contribution in [0.1, 0.15) is 37.9 Å². The standard InChI is InChI=1S/C15H23NO2/c1-13(17)14-6-4-7-15(12-14)18-11-5-10-16-8-2-3-9-16/h4,6-7,12-13,17H,2-3,5,8-11H2,1H3/t13-/m0/s1. The number of benzene rings is 1. The van der Waals surface area contributed by atoms with Gasteiger partial charge in [0.2, 0.25) is 0 Å². The fraction of sp³-hybridized carbons (Fsp3) is 0.600. The van der Waals surface area contributed by atoms with Crippen LogP contribution in [0.15, 0.2) is 24.3 Å². The van der Waals surface area contributed by atoms with Crippen LogP contribution >= 0.6 is 0 Å². The quantitative estimate of drug-likeness (QED) is 0.787. The summed E-state index contributed by atoms with van der Waals surface area (Å²) in [6, 6.07) is 7.71. The molecule has 0 aromatic heterocycles. The Morgan fingerprint density at radius 3 is 2.83 bits per heavy atom. The van der Waals surface area contributed by atoms with E-state index in [-0.39, 0.29) is 0 Å². The molecule has 1 heterocycles. The molecule has 1 N–H and O–H groups in total. The highest BCUT2D eigenvalue weighted by molar-refractivity contribution is 5.29. The van der Waals surface area contributed by atoms with E-state index in [0.29, 0.717) is 0 Å². The molecule has 3 heteroatoms. The molecule has 0 spiro atoms. The number of rotatable bonds is 6. The van der Waals surface area contributed by atoms with E-state index in [1.807, 2.05) is 24.3 Å². The smallest absolute Gasteiger partial charge is 0.119 e. The maximum atomic E-state index is 9.50. The molecule has 0 bridgehead atoms. The van der Waals surface area contributed by atoms with E-state index < -0.39 is 6.10 Å². The number of hydrogen-bond acceptors (Lipinski definition) is 3. The third-order valence-corrected chi connectivity index (χ3v) is 3.43. The van der Waals surface area contributed by atoms with Gasteiger partial charge < -0.3 is 14.7 Å². The summed E-state index contributed by atoms with van der Waals surface area (Å²) in [4.78, 5) is 2.50. The lowest BCUT2D eigenvalue weighted by Gasteiger charge is -2.14. The zero-order chi connectivity index (χ0) is 12.8. The zero-order valence-corrected chi connectivity index (χ0v) is 11.1. The van der Waals surface area contributed by atoms with Gasteiger partial charge in [-0.2, -0.15) is 0 Å². The van der Waals surface area contributed by atoms with Gasteiger partial charge in [0.1, 0.15) is 5.75 Å². The summed E-state index contributed by atoms with van der Waals surface area (Å²) in [7, 11) is 0. The largest absolute Gasteiger partial charge is 0.494 e. The van der Waals surface area contributed by atoms with E-state index in [4.69, 9.17) is 4.74 Å². The minimum atomic E-state index is -0.432. The lowest BCUT2D eigenvalue weighted by atomic mass is 10.1. The number of aliphatic hydroxyl groups excluding tert-OH is 1. The van der Waals surface area contributed by atoms with Crippen LogP contribution in [-0.4, -0.2) is 36.2 Å². The average molecular weight is 249 g/mol. The molecule has 0 saturated carbocycles. The van der Waals surface area contributed by atoms with Gasteiger partial charge in [-0.1, -0.05) is 12.1 Å². The molecular weight excluding hydrogens is 226 g/mol. The van der Waals surface area contributed by atoms with Crippen LogP contribution in [0.5, 0.6) is 5.75 Å². The molecule has 1 aromatic carbocycles. The Bertz CT molecular complexity index is 359. The molecule has 0 unspecified atom stereocenters. The third-order valence-electron chi connectivity index (χ3n) is 3.43. The van der Waals surface area contributed by atoms with E-state index >= 15 is 0 Å². The van der Waals surface area contributed by atoms with Gasteiger partial charge in [-0.3, -0.25) is 0 Å². The first-order valence-corrected chi connectivity index (χ1v) is 6.89. The normalized spacial score (nSPS) is 17.9. The molecule has 1 aliphatic rings. The van der Waals surface area contributed by atoms with Crippen molar-refractivity contribution in [1.29, 1.82) is 0 Å². The molecule has 0 aliphatic carbocycles. The average Bonchev–Trinajstić information content (AvgIpc) is 2.88. The number of likely N-dealkylation sites (tertiary alicyclic amines) is 1. The third kappa shape index (κ3) is 4.00. The van der Waals surface area contributed by atoms with Crippen molar-refractivity contribution in [3.05, 3.63) is 29.8 Å². The minimum absolute atomic E-state index is 0.432. The van der Waals surface area contributed by atoms with Gasteiger partial charge in [0.25, 0.3) is 0 Å². The van der Waals surface area contributed by atoms with E-state index in [1.165, 1.54) is 25.9 Å². The van der Waals surface area contributed by atoms with Gasteiger partial charge in [0.05, 0.1) is 12.7 Å². The maximum Gasteiger partial charge on any atom is 0.119 e. The Balaban J connectivity index is 1.70. The molecule has 2 rings (SSSR count). The van der Waals surface area contributed by atoms with Crippen LogP contribution in [-0.2, 0) is 0 Å². The zero-order valence-electron chi connectivity index (χ0n) is 11.1. The second-order valence-electron chi connectivity index (χ2n) is 5.00. The Morgan fingerprint density at radius 2 is 2.11 bits per heavy atom. The Kier molecular flexibility index (Phi) is 5.02. The molecule has 18 heavy (non-hydrogen) atoms. The molecule has 1 fully saturated rings. The first-order chi connectivity index (χ1) is 8.75. The second kappa shape index (κ2) is 6.76. The fourth-order valence-corrected chi connectivity index (χ4v) is 2.35. The molecule has 3 nitrogen and oxygen atoms in total. The van der Waals surface area contributed by atoms with Crippen molar-refractivity contribution in [1.82, 2.24) is 4.90 Å². The lowest BCUT2D eigenvalue weighted by Crippen LogP contribution is -2.21. The van der Waals surface area contributed by atoms with Crippen molar-refractivity contribution >= 4 is 0 Å². The summed E-state index contributed by atoms with van der Waals surface area (Å²) < 4.78 is 5.72. The van der Waals surface area contributed by atoms with Gasteiger partial charge in [0, 0.05) is 6.54 Å². The van der Waals surface area contributed by atoms with Crippen molar-refractivity contribution in [3.63, 3.8) is 0 Å². The van der Waals surface area contributed by atoms with Gasteiger partial charge in [0.15, 0.2) is 0 Å². The monoisotopic (exact) mass is 249 g/mol. The molecular formula is C15H23NO2. The summed E-state index contributed by atoms with van der Waals surface area (Å²) in [5.74, 6) is 0.856. The molecule has 1 aliphatic heterocycles. The number of nitrogens with zero attached hydrogens (tertiary/aromatic N) is 1. The van der Waals surface area contributed by atoms with Gasteiger partial charge in [-0.15, -0.1) is 0 Å². The van der Waals surface area contributed by atoms with Crippen molar-refractivity contribution < 1.29 is 9.84 Å². The van der Waals surface area contributed by atoms with Crippen molar-refractivity contribution in [2.75, 3.05) is 26.2 Å². The summed E-state index contributed by atoms with van der Waals surface area (Å²) in [5.41, 5.74) is 0.909. The van der Waals surface area contributed by atoms with E-state index in [0.717, 1.165) is 30.9 Å². The minimum Gasteiger partial charge on any atom is -0.494 e. The highest BCUT2D eigenvalue weighted by Gasteiger charge is 2.10. The SMILES string of the molecule is C[C@H](O)c1cccc(OCCCN2CCCC2)c1. The van der Waals surface area contributed by atoms with E-state index in [1.54, 1.807) is 6.92 Å². The summed E-state index contributed by atoms with van der Waals surface area (Å²) in [6.07, 6.45) is 3.33. The van der Waals surface area contributed by atoms with E-state index in [2.05, 4.69) is 4.90 Å². The van der Waals surface area contributed by atoms with Crippen LogP contribution in [0, 0.1) is 0 Å². The Labute approximate surface area is 109 Å². The molecule has 1 atom stereocenters. The Morgan fingerprint density at radius 1 is 1.33 bits per heavy atom. The topological polar surface area (TPSA) is 32.7 Å². The van der Waals surface area contributed by atoms with Gasteiger partial charge in [-0.05, 0) is 57.0 Å². The first-order valence-electron chi connectivity index (χ1n) is 6.89. The highest BCUT2D eigenvalue weighted by atomic mass is 16.5. The fourth-order valence-electron chi connectivity index (χ4n) is 2.35. The second-order valence-corrected chi connectivity index (χ2v) is 5.00.